The molecule has 4 N–H and O–H groups in total. The van der Waals surface area contributed by atoms with Gasteiger partial charge in [0.1, 0.15) is 0 Å². The molecule has 2 aromatic heterocycles. The SMILES string of the molecule is CC(n1c(O)c2ccc3c4c(=N)cc5c(=O)n(C(C)[N+](=O)[O-])c(O)c6ccc(c7c(=N)cc(c1=O)c2c37)c4c65)[N+](=O)[O-]. The molecule has 14 nitrogen and oxygen atoms in total. The van der Waals surface area contributed by atoms with E-state index in [4.69, 9.17) is 10.8 Å². The maximum Gasteiger partial charge on any atom is 0.293 e. The lowest BCUT2D eigenvalue weighted by atomic mass is 9.85. The van der Waals surface area contributed by atoms with E-state index in [2.05, 4.69) is 0 Å². The molecule has 7 rings (SSSR count). The first kappa shape index (κ1) is 25.1. The van der Waals surface area contributed by atoms with Crippen LogP contribution in [0.25, 0.3) is 64.6 Å². The Morgan fingerprint density at radius 3 is 1.29 bits per heavy atom. The van der Waals surface area contributed by atoms with E-state index in [9.17, 15) is 40.0 Å². The number of hydrogen-bond donors (Lipinski definition) is 4. The van der Waals surface area contributed by atoms with E-state index in [-0.39, 0.29) is 43.0 Å². The number of nitro groups is 2. The summed E-state index contributed by atoms with van der Waals surface area (Å²) in [5.74, 6) is -1.22. The van der Waals surface area contributed by atoms with Crippen molar-refractivity contribution >= 4 is 64.6 Å². The lowest BCUT2D eigenvalue weighted by molar-refractivity contribution is -0.544. The first-order chi connectivity index (χ1) is 19.9. The van der Waals surface area contributed by atoms with Gasteiger partial charge in [-0.3, -0.25) is 29.8 Å². The van der Waals surface area contributed by atoms with Gasteiger partial charge in [0.2, 0.25) is 11.8 Å². The van der Waals surface area contributed by atoms with Crippen LogP contribution in [0.2, 0.25) is 0 Å². The topological polar surface area (TPSA) is 218 Å². The Balaban J connectivity index is 1.78. The fourth-order valence-electron chi connectivity index (χ4n) is 6.41. The Morgan fingerprint density at radius 1 is 0.619 bits per heavy atom. The van der Waals surface area contributed by atoms with Gasteiger partial charge in [-0.2, -0.15) is 0 Å². The van der Waals surface area contributed by atoms with Gasteiger partial charge in [0.05, 0.1) is 21.5 Å². The molecule has 0 spiro atoms. The molecule has 14 heteroatoms. The molecule has 42 heavy (non-hydrogen) atoms. The summed E-state index contributed by atoms with van der Waals surface area (Å²) in [6.45, 7) is 2.32. The van der Waals surface area contributed by atoms with Crippen LogP contribution in [-0.4, -0.2) is 29.2 Å². The number of fused-ring (bicyclic) bond motifs is 2. The fourth-order valence-corrected chi connectivity index (χ4v) is 6.41. The third-order valence-electron chi connectivity index (χ3n) is 8.30. The molecule has 2 atom stereocenters. The molecule has 0 saturated carbocycles. The molecule has 208 valence electrons. The third kappa shape index (κ3) is 2.77. The Labute approximate surface area is 230 Å². The zero-order valence-electron chi connectivity index (χ0n) is 21.8. The van der Waals surface area contributed by atoms with E-state index in [1.165, 1.54) is 24.3 Å². The molecular formula is C28H18N6O8. The maximum absolute atomic E-state index is 13.5. The molecule has 0 aliphatic heterocycles. The molecule has 0 bridgehead atoms. The molecule has 0 aliphatic rings. The van der Waals surface area contributed by atoms with Crippen LogP contribution in [0.1, 0.15) is 26.2 Å². The van der Waals surface area contributed by atoms with Crippen molar-refractivity contribution < 1.29 is 20.1 Å². The Hall–Kier alpha value is -5.92. The molecule has 0 fully saturated rings. The quantitative estimate of drug-likeness (QED) is 0.107. The van der Waals surface area contributed by atoms with Crippen molar-refractivity contribution in [2.45, 2.75) is 26.2 Å². The van der Waals surface area contributed by atoms with Gasteiger partial charge in [0.25, 0.3) is 23.5 Å². The van der Waals surface area contributed by atoms with Gasteiger partial charge in [-0.15, -0.1) is 0 Å². The van der Waals surface area contributed by atoms with Crippen molar-refractivity contribution in [3.63, 3.8) is 0 Å². The third-order valence-corrected chi connectivity index (χ3v) is 8.30. The maximum atomic E-state index is 13.5. The van der Waals surface area contributed by atoms with Gasteiger partial charge in [-0.1, -0.05) is 12.1 Å². The second-order valence-electron chi connectivity index (χ2n) is 10.3. The summed E-state index contributed by atoms with van der Waals surface area (Å²) in [4.78, 5) is 48.6. The fraction of sp³-hybridized carbons (Fsp3) is 0.143. The van der Waals surface area contributed by atoms with Gasteiger partial charge in [-0.25, -0.2) is 9.13 Å². The zero-order valence-corrected chi connectivity index (χ0v) is 21.8. The summed E-state index contributed by atoms with van der Waals surface area (Å²) in [6, 6.07) is 8.65. The number of nitrogens with one attached hydrogen (secondary N) is 2. The lowest BCUT2D eigenvalue weighted by Crippen LogP contribution is -2.29. The highest BCUT2D eigenvalue weighted by molar-refractivity contribution is 6.39. The monoisotopic (exact) mass is 566 g/mol. The molecule has 0 radical (unpaired) electrons. The van der Waals surface area contributed by atoms with Gasteiger partial charge in [-0.05, 0) is 35.0 Å². The predicted octanol–water partition coefficient (Wildman–Crippen LogP) is 3.20. The first-order valence-electron chi connectivity index (χ1n) is 12.6. The highest BCUT2D eigenvalue weighted by Gasteiger charge is 2.30. The average Bonchev–Trinajstić information content (AvgIpc) is 2.94. The molecule has 7 aromatic rings. The van der Waals surface area contributed by atoms with Crippen LogP contribution >= 0.6 is 0 Å². The largest absolute Gasteiger partial charge is 0.494 e. The van der Waals surface area contributed by atoms with Crippen LogP contribution in [0.15, 0.2) is 46.0 Å². The number of aromatic nitrogens is 2. The van der Waals surface area contributed by atoms with E-state index in [0.29, 0.717) is 41.5 Å². The number of nitrogens with zero attached hydrogens (tertiary/aromatic N) is 4. The Bertz CT molecular complexity index is 2440. The minimum absolute atomic E-state index is 0.0201. The molecule has 0 aliphatic carbocycles. The molecule has 2 heterocycles. The summed E-state index contributed by atoms with van der Waals surface area (Å²) in [5.41, 5.74) is -1.71. The molecule has 5 aromatic carbocycles. The van der Waals surface area contributed by atoms with Gasteiger partial charge in [0, 0.05) is 66.8 Å². The Kier molecular flexibility index (Phi) is 4.68. The van der Waals surface area contributed by atoms with E-state index in [1.807, 2.05) is 0 Å². The molecule has 0 amide bonds. The van der Waals surface area contributed by atoms with Crippen molar-refractivity contribution in [1.82, 2.24) is 9.13 Å². The minimum atomic E-state index is -1.59. The number of hydrogen-bond acceptors (Lipinski definition) is 10. The highest BCUT2D eigenvalue weighted by atomic mass is 16.6. The summed E-state index contributed by atoms with van der Waals surface area (Å²) in [5, 5.41) is 65.9. The van der Waals surface area contributed by atoms with Gasteiger partial charge >= 0.3 is 0 Å². The smallest absolute Gasteiger partial charge is 0.293 e. The Morgan fingerprint density at radius 2 is 0.952 bits per heavy atom. The van der Waals surface area contributed by atoms with Crippen molar-refractivity contribution in [2.75, 3.05) is 0 Å². The van der Waals surface area contributed by atoms with Gasteiger partial charge in [0.15, 0.2) is 0 Å². The summed E-state index contributed by atoms with van der Waals surface area (Å²) >= 11 is 0. The van der Waals surface area contributed by atoms with Crippen LogP contribution in [-0.2, 0) is 0 Å². The second-order valence-corrected chi connectivity index (χ2v) is 10.3. The normalized spacial score (nSPS) is 13.8. The lowest BCUT2D eigenvalue weighted by Gasteiger charge is -2.21. The molecule has 2 unspecified atom stereocenters. The average molecular weight is 566 g/mol. The van der Waals surface area contributed by atoms with E-state index in [1.54, 1.807) is 12.1 Å². The molecular weight excluding hydrogens is 548 g/mol. The van der Waals surface area contributed by atoms with Crippen LogP contribution in [0.4, 0.5) is 0 Å². The van der Waals surface area contributed by atoms with Crippen molar-refractivity contribution in [3.05, 3.63) is 88.0 Å². The van der Waals surface area contributed by atoms with Crippen molar-refractivity contribution in [3.8, 4) is 11.8 Å². The predicted molar refractivity (Wildman–Crippen MR) is 152 cm³/mol. The summed E-state index contributed by atoms with van der Waals surface area (Å²) in [7, 11) is 0. The van der Waals surface area contributed by atoms with Crippen molar-refractivity contribution in [1.29, 1.82) is 10.8 Å². The number of benzene rings is 5. The van der Waals surface area contributed by atoms with Crippen LogP contribution in [0, 0.1) is 31.0 Å². The number of aromatic hydroxyl groups is 2. The van der Waals surface area contributed by atoms with Crippen LogP contribution in [0.5, 0.6) is 11.8 Å². The number of rotatable bonds is 4. The van der Waals surface area contributed by atoms with Gasteiger partial charge < -0.3 is 21.0 Å². The second kappa shape index (κ2) is 7.84. The standard InChI is InChI=1S/C28H18N6O8/c1-9(33(39)40)31-25(35)13-5-3-11-22-18(30)8-16-20-14(26(36)32(28(16)38)10(2)34(41)42)6-4-12(24(20)22)21-17(29)7-15(27(31)37)19(13)23(11)21/h3-10,29-30,35-36H,1-2H3. The first-order valence-corrected chi connectivity index (χ1v) is 12.6. The molecule has 0 saturated heterocycles. The minimum Gasteiger partial charge on any atom is -0.494 e. The van der Waals surface area contributed by atoms with E-state index in [0.717, 1.165) is 13.8 Å². The summed E-state index contributed by atoms with van der Waals surface area (Å²) < 4.78 is 1.33. The van der Waals surface area contributed by atoms with Crippen LogP contribution in [0.3, 0.4) is 0 Å². The van der Waals surface area contributed by atoms with Crippen molar-refractivity contribution in [2.24, 2.45) is 0 Å². The highest BCUT2D eigenvalue weighted by Crippen LogP contribution is 2.44. The van der Waals surface area contributed by atoms with E-state index < -0.39 is 45.1 Å². The zero-order chi connectivity index (χ0) is 30.1. The van der Waals surface area contributed by atoms with E-state index >= 15 is 0 Å². The van der Waals surface area contributed by atoms with Crippen LogP contribution < -0.4 is 21.8 Å². The summed E-state index contributed by atoms with van der Waals surface area (Å²) in [6.07, 6.45) is -3.17. The number of pyridine rings is 2.